The van der Waals surface area contributed by atoms with E-state index in [2.05, 4.69) is 0 Å². The van der Waals surface area contributed by atoms with E-state index in [-0.39, 0.29) is 5.78 Å². The maximum Gasteiger partial charge on any atom is 0.212 e. The molecular weight excluding hydrogens is 238 g/mol. The van der Waals surface area contributed by atoms with Gasteiger partial charge in [0.25, 0.3) is 0 Å². The molecular formula is C16H9NO2. The minimum absolute atomic E-state index is 0.0751. The summed E-state index contributed by atoms with van der Waals surface area (Å²) >= 11 is 0. The van der Waals surface area contributed by atoms with Gasteiger partial charge >= 0.3 is 0 Å². The fourth-order valence-electron chi connectivity index (χ4n) is 2.85. The molecule has 3 nitrogen and oxygen atoms in total. The van der Waals surface area contributed by atoms with Gasteiger partial charge in [0, 0.05) is 10.9 Å². The van der Waals surface area contributed by atoms with E-state index >= 15 is 0 Å². The van der Waals surface area contributed by atoms with Crippen LogP contribution in [0.1, 0.15) is 26.4 Å². The molecule has 0 fully saturated rings. The molecule has 0 N–H and O–H groups in total. The lowest BCUT2D eigenvalue weighted by molar-refractivity contribution is 0.103. The fraction of sp³-hybridized carbons (Fsp3) is 0. The van der Waals surface area contributed by atoms with Gasteiger partial charge in [0.15, 0.2) is 6.29 Å². The van der Waals surface area contributed by atoms with Crippen LogP contribution in [0.4, 0.5) is 0 Å². The minimum Gasteiger partial charge on any atom is -0.305 e. The zero-order valence-electron chi connectivity index (χ0n) is 9.96. The molecule has 1 aromatic heterocycles. The molecule has 0 atom stereocenters. The van der Waals surface area contributed by atoms with E-state index in [1.165, 1.54) is 0 Å². The Bertz CT molecular complexity index is 858. The predicted molar refractivity (Wildman–Crippen MR) is 72.1 cm³/mol. The highest BCUT2D eigenvalue weighted by Gasteiger charge is 2.32. The summed E-state index contributed by atoms with van der Waals surface area (Å²) < 4.78 is 1.89. The van der Waals surface area contributed by atoms with Crippen LogP contribution in [0.25, 0.3) is 16.6 Å². The highest BCUT2D eigenvalue weighted by Crippen LogP contribution is 2.36. The lowest BCUT2D eigenvalue weighted by Crippen LogP contribution is -1.99. The predicted octanol–water partition coefficient (Wildman–Crippen LogP) is 2.99. The molecule has 0 unspecified atom stereocenters. The van der Waals surface area contributed by atoms with Gasteiger partial charge in [-0.15, -0.1) is 0 Å². The number of benzene rings is 2. The Labute approximate surface area is 109 Å². The van der Waals surface area contributed by atoms with Crippen LogP contribution in [0, 0.1) is 0 Å². The number of aldehydes is 1. The second-order valence-electron chi connectivity index (χ2n) is 4.58. The molecule has 2 aromatic carbocycles. The molecule has 0 bridgehead atoms. The van der Waals surface area contributed by atoms with Gasteiger partial charge < -0.3 is 4.57 Å². The van der Waals surface area contributed by atoms with Crippen molar-refractivity contribution in [3.63, 3.8) is 0 Å². The van der Waals surface area contributed by atoms with Crippen molar-refractivity contribution in [1.29, 1.82) is 0 Å². The standard InChI is InChI=1S/C16H9NO2/c18-9-12-10-5-1-3-7-13(10)17-14-8-4-2-6-11(14)16(19)15(12)17/h1-9H. The van der Waals surface area contributed by atoms with Crippen LogP contribution in [-0.2, 0) is 0 Å². The van der Waals surface area contributed by atoms with Crippen LogP contribution in [0.3, 0.4) is 0 Å². The van der Waals surface area contributed by atoms with E-state index in [4.69, 9.17) is 0 Å². The number of ketones is 1. The molecule has 90 valence electrons. The van der Waals surface area contributed by atoms with Crippen LogP contribution in [-0.4, -0.2) is 16.6 Å². The first-order valence-electron chi connectivity index (χ1n) is 6.05. The Morgan fingerprint density at radius 3 is 2.53 bits per heavy atom. The van der Waals surface area contributed by atoms with Gasteiger partial charge in [-0.05, 0) is 18.2 Å². The Balaban J connectivity index is 2.26. The summed E-state index contributed by atoms with van der Waals surface area (Å²) in [6.07, 6.45) is 0.776. The summed E-state index contributed by atoms with van der Waals surface area (Å²) in [5.41, 5.74) is 3.38. The molecule has 0 radical (unpaired) electrons. The Morgan fingerprint density at radius 2 is 1.68 bits per heavy atom. The minimum atomic E-state index is -0.0751. The molecule has 1 aliphatic rings. The van der Waals surface area contributed by atoms with Gasteiger partial charge in [-0.2, -0.15) is 0 Å². The van der Waals surface area contributed by atoms with Gasteiger partial charge in [0.05, 0.1) is 16.8 Å². The summed E-state index contributed by atoms with van der Waals surface area (Å²) in [6.45, 7) is 0. The van der Waals surface area contributed by atoms with E-state index in [1.54, 1.807) is 6.07 Å². The molecule has 3 heteroatoms. The first kappa shape index (κ1) is 10.3. The van der Waals surface area contributed by atoms with Crippen LogP contribution in [0.15, 0.2) is 48.5 Å². The van der Waals surface area contributed by atoms with Crippen molar-refractivity contribution in [2.24, 2.45) is 0 Å². The molecule has 0 aliphatic carbocycles. The van der Waals surface area contributed by atoms with E-state index in [0.29, 0.717) is 16.8 Å². The number of fused-ring (bicyclic) bond motifs is 5. The lowest BCUT2D eigenvalue weighted by Gasteiger charge is -2.02. The van der Waals surface area contributed by atoms with E-state index < -0.39 is 0 Å². The van der Waals surface area contributed by atoms with Gasteiger partial charge in [-0.25, -0.2) is 0 Å². The lowest BCUT2D eigenvalue weighted by atomic mass is 10.1. The summed E-state index contributed by atoms with van der Waals surface area (Å²) in [6, 6.07) is 15.0. The average Bonchev–Trinajstić information content (AvgIpc) is 2.94. The molecule has 19 heavy (non-hydrogen) atoms. The molecule has 4 rings (SSSR count). The number of hydrogen-bond acceptors (Lipinski definition) is 2. The van der Waals surface area contributed by atoms with Crippen molar-refractivity contribution in [3.05, 3.63) is 65.4 Å². The third kappa shape index (κ3) is 1.12. The molecule has 3 aromatic rings. The third-order valence-electron chi connectivity index (χ3n) is 3.64. The SMILES string of the molecule is O=Cc1c2n(c3ccccc13)-c1ccccc1C2=O. The maximum atomic E-state index is 12.5. The van der Waals surface area contributed by atoms with E-state index in [0.717, 1.165) is 22.9 Å². The first-order chi connectivity index (χ1) is 9.33. The van der Waals surface area contributed by atoms with Crippen molar-refractivity contribution in [2.75, 3.05) is 0 Å². The molecule has 0 amide bonds. The van der Waals surface area contributed by atoms with Crippen LogP contribution in [0.5, 0.6) is 0 Å². The molecule has 0 saturated heterocycles. The molecule has 0 saturated carbocycles. The zero-order chi connectivity index (χ0) is 13.0. The normalized spacial score (nSPS) is 12.5. The van der Waals surface area contributed by atoms with Crippen molar-refractivity contribution in [3.8, 4) is 5.69 Å². The largest absolute Gasteiger partial charge is 0.305 e. The van der Waals surface area contributed by atoms with E-state index in [1.807, 2.05) is 47.0 Å². The number of hydrogen-bond donors (Lipinski definition) is 0. The highest BCUT2D eigenvalue weighted by molar-refractivity contribution is 6.22. The summed E-state index contributed by atoms with van der Waals surface area (Å²) in [5, 5.41) is 0.829. The number of aromatic nitrogens is 1. The zero-order valence-corrected chi connectivity index (χ0v) is 9.96. The van der Waals surface area contributed by atoms with Crippen LogP contribution >= 0.6 is 0 Å². The molecule has 2 heterocycles. The third-order valence-corrected chi connectivity index (χ3v) is 3.64. The van der Waals surface area contributed by atoms with Gasteiger partial charge in [0.2, 0.25) is 5.78 Å². The summed E-state index contributed by atoms with van der Waals surface area (Å²) in [5.74, 6) is -0.0751. The smallest absolute Gasteiger partial charge is 0.212 e. The topological polar surface area (TPSA) is 39.1 Å². The second-order valence-corrected chi connectivity index (χ2v) is 4.58. The average molecular weight is 247 g/mol. The molecule has 1 aliphatic heterocycles. The van der Waals surface area contributed by atoms with Crippen LogP contribution in [0.2, 0.25) is 0 Å². The Morgan fingerprint density at radius 1 is 0.947 bits per heavy atom. The number of nitrogens with zero attached hydrogens (tertiary/aromatic N) is 1. The molecule has 0 spiro atoms. The Hall–Kier alpha value is -2.68. The van der Waals surface area contributed by atoms with Crippen molar-refractivity contribution < 1.29 is 9.59 Å². The van der Waals surface area contributed by atoms with Gasteiger partial charge in [0.1, 0.15) is 5.69 Å². The number of para-hydroxylation sites is 2. The van der Waals surface area contributed by atoms with Crippen LogP contribution < -0.4 is 0 Å². The first-order valence-corrected chi connectivity index (χ1v) is 6.05. The summed E-state index contributed by atoms with van der Waals surface area (Å²) in [4.78, 5) is 23.8. The summed E-state index contributed by atoms with van der Waals surface area (Å²) in [7, 11) is 0. The number of carbonyl (C=O) groups excluding carboxylic acids is 2. The Kier molecular flexibility index (Phi) is 1.85. The number of carbonyl (C=O) groups is 2. The van der Waals surface area contributed by atoms with Gasteiger partial charge in [-0.1, -0.05) is 30.3 Å². The highest BCUT2D eigenvalue weighted by atomic mass is 16.1. The monoisotopic (exact) mass is 247 g/mol. The van der Waals surface area contributed by atoms with Crippen molar-refractivity contribution in [2.45, 2.75) is 0 Å². The number of rotatable bonds is 1. The quantitative estimate of drug-likeness (QED) is 0.485. The van der Waals surface area contributed by atoms with Crippen molar-refractivity contribution in [1.82, 2.24) is 4.57 Å². The maximum absolute atomic E-state index is 12.5. The van der Waals surface area contributed by atoms with E-state index in [9.17, 15) is 9.59 Å². The second kappa shape index (κ2) is 3.42. The van der Waals surface area contributed by atoms with Gasteiger partial charge in [-0.3, -0.25) is 9.59 Å². The van der Waals surface area contributed by atoms with Crippen molar-refractivity contribution >= 4 is 23.0 Å². The fourth-order valence-corrected chi connectivity index (χ4v) is 2.85.